The molecule has 0 spiro atoms. The van der Waals surface area contributed by atoms with Crippen LogP contribution in [0, 0.1) is 0 Å². The number of hydrogen-bond acceptors (Lipinski definition) is 2. The second kappa shape index (κ2) is 7.74. The van der Waals surface area contributed by atoms with Crippen molar-refractivity contribution >= 4 is 27.8 Å². The Morgan fingerprint density at radius 3 is 2.79 bits per heavy atom. The van der Waals surface area contributed by atoms with Gasteiger partial charge in [0.1, 0.15) is 6.04 Å². The Kier molecular flexibility index (Phi) is 6.29. The Labute approximate surface area is 120 Å². The molecule has 0 saturated carbocycles. The van der Waals surface area contributed by atoms with Gasteiger partial charge in [-0.05, 0) is 31.0 Å². The summed E-state index contributed by atoms with van der Waals surface area (Å²) in [5.41, 5.74) is 0.835. The number of benzene rings is 1. The van der Waals surface area contributed by atoms with Gasteiger partial charge in [-0.1, -0.05) is 40.2 Å². The van der Waals surface area contributed by atoms with Gasteiger partial charge in [-0.2, -0.15) is 0 Å². The molecule has 102 valence electrons. The van der Waals surface area contributed by atoms with Gasteiger partial charge in [0.2, 0.25) is 5.91 Å². The van der Waals surface area contributed by atoms with E-state index in [-0.39, 0.29) is 18.7 Å². The lowest BCUT2D eigenvalue weighted by Crippen LogP contribution is -2.41. The maximum Gasteiger partial charge on any atom is 0.326 e. The lowest BCUT2D eigenvalue weighted by molar-refractivity contribution is -0.141. The fourth-order valence-corrected chi connectivity index (χ4v) is 2.02. The number of aliphatic carboxylic acids is 1. The van der Waals surface area contributed by atoms with Crippen molar-refractivity contribution in [1.82, 2.24) is 5.32 Å². The van der Waals surface area contributed by atoms with Gasteiger partial charge >= 0.3 is 5.97 Å². The molecule has 0 aliphatic heterocycles. The molecule has 4 nitrogen and oxygen atoms in total. The Morgan fingerprint density at radius 2 is 2.21 bits per heavy atom. The highest BCUT2D eigenvalue weighted by Crippen LogP contribution is 2.12. The lowest BCUT2D eigenvalue weighted by atomic mass is 10.1. The standard InChI is InChI=1S/C14H16BrNO3/c1-2-3-7-12(14(18)19)16-13(17)9-10-5-4-6-11(15)8-10/h2-6,8,12H,7,9H2,1H3,(H,16,17)(H,18,19)/b3-2+. The molecule has 1 amide bonds. The van der Waals surface area contributed by atoms with Crippen LogP contribution >= 0.6 is 15.9 Å². The van der Waals surface area contributed by atoms with Crippen molar-refractivity contribution in [1.29, 1.82) is 0 Å². The summed E-state index contributed by atoms with van der Waals surface area (Å²) >= 11 is 3.33. The summed E-state index contributed by atoms with van der Waals surface area (Å²) in [4.78, 5) is 22.8. The van der Waals surface area contributed by atoms with Crippen LogP contribution in [0.4, 0.5) is 0 Å². The van der Waals surface area contributed by atoms with E-state index in [9.17, 15) is 9.59 Å². The molecule has 0 bridgehead atoms. The number of amides is 1. The molecule has 1 rings (SSSR count). The molecule has 1 unspecified atom stereocenters. The first-order valence-corrected chi connectivity index (χ1v) is 6.70. The third-order valence-electron chi connectivity index (χ3n) is 2.49. The molecular weight excluding hydrogens is 310 g/mol. The van der Waals surface area contributed by atoms with Crippen LogP contribution in [0.1, 0.15) is 18.9 Å². The van der Waals surface area contributed by atoms with Gasteiger partial charge in [0.05, 0.1) is 6.42 Å². The molecule has 19 heavy (non-hydrogen) atoms. The van der Waals surface area contributed by atoms with E-state index in [1.54, 1.807) is 12.2 Å². The molecule has 1 atom stereocenters. The van der Waals surface area contributed by atoms with Crippen LogP contribution in [0.15, 0.2) is 40.9 Å². The van der Waals surface area contributed by atoms with Crippen molar-refractivity contribution in [2.24, 2.45) is 0 Å². The van der Waals surface area contributed by atoms with E-state index in [1.165, 1.54) is 0 Å². The van der Waals surface area contributed by atoms with Crippen LogP contribution in [0.25, 0.3) is 0 Å². The molecule has 0 heterocycles. The third kappa shape index (κ3) is 5.70. The van der Waals surface area contributed by atoms with Gasteiger partial charge in [-0.25, -0.2) is 4.79 Å². The van der Waals surface area contributed by atoms with E-state index in [4.69, 9.17) is 5.11 Å². The number of carboxylic acids is 1. The molecular formula is C14H16BrNO3. The first kappa shape index (κ1) is 15.4. The van der Waals surface area contributed by atoms with Crippen molar-refractivity contribution < 1.29 is 14.7 Å². The summed E-state index contributed by atoms with van der Waals surface area (Å²) in [6.45, 7) is 1.81. The minimum atomic E-state index is -1.03. The topological polar surface area (TPSA) is 66.4 Å². The van der Waals surface area contributed by atoms with Crippen LogP contribution in [-0.4, -0.2) is 23.0 Å². The maximum absolute atomic E-state index is 11.8. The van der Waals surface area contributed by atoms with Crippen LogP contribution in [-0.2, 0) is 16.0 Å². The van der Waals surface area contributed by atoms with E-state index < -0.39 is 12.0 Å². The fourth-order valence-electron chi connectivity index (χ4n) is 1.57. The number of carbonyl (C=O) groups excluding carboxylic acids is 1. The quantitative estimate of drug-likeness (QED) is 0.790. The number of carbonyl (C=O) groups is 2. The molecule has 2 N–H and O–H groups in total. The summed E-state index contributed by atoms with van der Waals surface area (Å²) in [6, 6.07) is 6.48. The summed E-state index contributed by atoms with van der Waals surface area (Å²) in [7, 11) is 0. The highest BCUT2D eigenvalue weighted by atomic mass is 79.9. The maximum atomic E-state index is 11.8. The van der Waals surface area contributed by atoms with Crippen molar-refractivity contribution in [3.05, 3.63) is 46.5 Å². The van der Waals surface area contributed by atoms with Crippen molar-refractivity contribution in [2.75, 3.05) is 0 Å². The van der Waals surface area contributed by atoms with Crippen molar-refractivity contribution in [3.8, 4) is 0 Å². The fraction of sp³-hybridized carbons (Fsp3) is 0.286. The lowest BCUT2D eigenvalue weighted by Gasteiger charge is -2.12. The second-order valence-corrected chi connectivity index (χ2v) is 4.99. The summed E-state index contributed by atoms with van der Waals surface area (Å²) in [6.07, 6.45) is 3.93. The van der Waals surface area contributed by atoms with Gasteiger partial charge in [0, 0.05) is 4.47 Å². The molecule has 0 aliphatic rings. The zero-order valence-electron chi connectivity index (χ0n) is 10.6. The molecule has 5 heteroatoms. The van der Waals surface area contributed by atoms with Crippen molar-refractivity contribution in [2.45, 2.75) is 25.8 Å². The molecule has 0 aliphatic carbocycles. The largest absolute Gasteiger partial charge is 0.480 e. The van der Waals surface area contributed by atoms with Gasteiger partial charge < -0.3 is 10.4 Å². The zero-order chi connectivity index (χ0) is 14.3. The monoisotopic (exact) mass is 325 g/mol. The van der Waals surface area contributed by atoms with Crippen LogP contribution in [0.5, 0.6) is 0 Å². The average Bonchev–Trinajstić information content (AvgIpc) is 2.34. The number of allylic oxidation sites excluding steroid dienone is 1. The SMILES string of the molecule is C/C=C/CC(NC(=O)Cc1cccc(Br)c1)C(=O)O. The Balaban J connectivity index is 2.60. The van der Waals surface area contributed by atoms with E-state index >= 15 is 0 Å². The molecule has 0 radical (unpaired) electrons. The normalized spacial score (nSPS) is 12.3. The number of rotatable bonds is 6. The number of halogens is 1. The van der Waals surface area contributed by atoms with Crippen LogP contribution in [0.3, 0.4) is 0 Å². The van der Waals surface area contributed by atoms with E-state index in [0.717, 1.165) is 10.0 Å². The molecule has 0 saturated heterocycles. The van der Waals surface area contributed by atoms with E-state index in [2.05, 4.69) is 21.2 Å². The zero-order valence-corrected chi connectivity index (χ0v) is 12.2. The van der Waals surface area contributed by atoms with Crippen LogP contribution < -0.4 is 5.32 Å². The molecule has 0 fully saturated rings. The molecule has 1 aromatic rings. The summed E-state index contributed by atoms with van der Waals surface area (Å²) in [5, 5.41) is 11.5. The van der Waals surface area contributed by atoms with Gasteiger partial charge in [0.25, 0.3) is 0 Å². The highest BCUT2D eigenvalue weighted by molar-refractivity contribution is 9.10. The summed E-state index contributed by atoms with van der Waals surface area (Å²) < 4.78 is 0.890. The summed E-state index contributed by atoms with van der Waals surface area (Å²) in [5.74, 6) is -1.32. The van der Waals surface area contributed by atoms with Crippen LogP contribution in [0.2, 0.25) is 0 Å². The molecule has 1 aromatic carbocycles. The van der Waals surface area contributed by atoms with E-state index in [0.29, 0.717) is 0 Å². The van der Waals surface area contributed by atoms with Gasteiger partial charge in [0.15, 0.2) is 0 Å². The predicted octanol–water partition coefficient (Wildman–Crippen LogP) is 2.53. The molecule has 0 aromatic heterocycles. The smallest absolute Gasteiger partial charge is 0.326 e. The first-order chi connectivity index (χ1) is 9.02. The number of carboxylic acid groups (broad SMARTS) is 1. The first-order valence-electron chi connectivity index (χ1n) is 5.90. The minimum Gasteiger partial charge on any atom is -0.480 e. The Morgan fingerprint density at radius 1 is 1.47 bits per heavy atom. The Hall–Kier alpha value is -1.62. The van der Waals surface area contributed by atoms with Gasteiger partial charge in [-0.3, -0.25) is 4.79 Å². The number of hydrogen-bond donors (Lipinski definition) is 2. The Bertz CT molecular complexity index is 485. The predicted molar refractivity (Wildman–Crippen MR) is 76.8 cm³/mol. The number of nitrogens with one attached hydrogen (secondary N) is 1. The van der Waals surface area contributed by atoms with Crippen molar-refractivity contribution in [3.63, 3.8) is 0 Å². The second-order valence-electron chi connectivity index (χ2n) is 4.07. The van der Waals surface area contributed by atoms with Gasteiger partial charge in [-0.15, -0.1) is 0 Å². The highest BCUT2D eigenvalue weighted by Gasteiger charge is 2.18. The third-order valence-corrected chi connectivity index (χ3v) is 2.99. The van der Waals surface area contributed by atoms with E-state index in [1.807, 2.05) is 31.2 Å². The minimum absolute atomic E-state index is 0.166. The average molecular weight is 326 g/mol.